The monoisotopic (exact) mass is 447 g/mol. The number of thioether (sulfide) groups is 2. The number of aromatic nitrogens is 6. The topological polar surface area (TPSA) is 98.0 Å². The third-order valence-electron chi connectivity index (χ3n) is 3.61. The van der Waals surface area contributed by atoms with Crippen LogP contribution in [0.2, 0.25) is 0 Å². The number of carbonyl (C=O) groups excluding carboxylic acids is 1. The Balaban J connectivity index is 1.44. The highest BCUT2D eigenvalue weighted by Crippen LogP contribution is 2.25. The summed E-state index contributed by atoms with van der Waals surface area (Å²) in [7, 11) is 0. The van der Waals surface area contributed by atoms with E-state index in [0.717, 1.165) is 10.1 Å². The smallest absolute Gasteiger partial charge is 0.236 e. The molecule has 1 amide bonds. The normalized spacial score (nSPS) is 11.1. The molecule has 29 heavy (non-hydrogen) atoms. The van der Waals surface area contributed by atoms with Crippen molar-refractivity contribution in [3.8, 4) is 11.4 Å². The largest absolute Gasteiger partial charge is 0.300 e. The van der Waals surface area contributed by atoms with Crippen molar-refractivity contribution in [1.82, 2.24) is 30.0 Å². The van der Waals surface area contributed by atoms with Crippen LogP contribution in [0.25, 0.3) is 17.0 Å². The zero-order valence-corrected chi connectivity index (χ0v) is 17.5. The second-order valence-electron chi connectivity index (χ2n) is 5.62. The summed E-state index contributed by atoms with van der Waals surface area (Å²) in [6.07, 6.45) is 0. The van der Waals surface area contributed by atoms with Crippen molar-refractivity contribution < 1.29 is 9.18 Å². The lowest BCUT2D eigenvalue weighted by Crippen LogP contribution is -2.14. The summed E-state index contributed by atoms with van der Waals surface area (Å²) in [5, 5.41) is 24.5. The molecule has 0 saturated carbocycles. The van der Waals surface area contributed by atoms with Gasteiger partial charge in [0.15, 0.2) is 15.8 Å². The average molecular weight is 448 g/mol. The SMILES string of the molecule is CCSc1nnc(NC(=O)CSc2ccc3nnc(-c4ccc(F)cc4)n3n2)s1. The van der Waals surface area contributed by atoms with Crippen LogP contribution in [0.5, 0.6) is 0 Å². The van der Waals surface area contributed by atoms with Crippen molar-refractivity contribution in [2.24, 2.45) is 0 Å². The first-order chi connectivity index (χ1) is 14.1. The van der Waals surface area contributed by atoms with Gasteiger partial charge in [0.2, 0.25) is 11.0 Å². The second kappa shape index (κ2) is 8.84. The number of carbonyl (C=O) groups is 1. The number of anilines is 1. The molecule has 3 aromatic heterocycles. The molecule has 148 valence electrons. The first-order valence-electron chi connectivity index (χ1n) is 8.49. The van der Waals surface area contributed by atoms with Gasteiger partial charge in [0.05, 0.1) is 5.75 Å². The minimum Gasteiger partial charge on any atom is -0.300 e. The highest BCUT2D eigenvalue weighted by Gasteiger charge is 2.12. The molecule has 4 rings (SSSR count). The maximum absolute atomic E-state index is 13.2. The fraction of sp³-hybridized carbons (Fsp3) is 0.176. The van der Waals surface area contributed by atoms with Crippen LogP contribution < -0.4 is 5.32 Å². The molecule has 1 N–H and O–H groups in total. The van der Waals surface area contributed by atoms with Gasteiger partial charge in [0.1, 0.15) is 10.8 Å². The van der Waals surface area contributed by atoms with Gasteiger partial charge in [-0.25, -0.2) is 4.39 Å². The molecule has 0 fully saturated rings. The van der Waals surface area contributed by atoms with E-state index in [1.165, 1.54) is 35.2 Å². The Labute approximate surface area is 177 Å². The van der Waals surface area contributed by atoms with Crippen molar-refractivity contribution in [3.63, 3.8) is 0 Å². The molecule has 0 saturated heterocycles. The van der Waals surface area contributed by atoms with Crippen LogP contribution in [0.15, 0.2) is 45.8 Å². The predicted molar refractivity (Wildman–Crippen MR) is 112 cm³/mol. The standard InChI is InChI=1S/C17H14FN7OS3/c1-2-27-17-23-22-16(29-17)19-13(26)9-28-14-8-7-12-20-21-15(25(12)24-14)10-3-5-11(18)6-4-10/h3-8H,2,9H2,1H3,(H,19,22,26). The van der Waals surface area contributed by atoms with Crippen LogP contribution in [-0.4, -0.2) is 47.4 Å². The Hall–Kier alpha value is -2.57. The molecular weight excluding hydrogens is 433 g/mol. The van der Waals surface area contributed by atoms with Crippen LogP contribution in [0, 0.1) is 5.82 Å². The Morgan fingerprint density at radius 3 is 2.72 bits per heavy atom. The highest BCUT2D eigenvalue weighted by molar-refractivity contribution is 8.01. The Morgan fingerprint density at radius 2 is 1.93 bits per heavy atom. The van der Waals surface area contributed by atoms with Crippen LogP contribution in [-0.2, 0) is 4.79 Å². The Bertz CT molecular complexity index is 1150. The van der Waals surface area contributed by atoms with E-state index in [4.69, 9.17) is 0 Å². The van der Waals surface area contributed by atoms with Crippen molar-refractivity contribution in [2.75, 3.05) is 16.8 Å². The second-order valence-corrected chi connectivity index (χ2v) is 9.10. The number of hydrogen-bond acceptors (Lipinski definition) is 9. The summed E-state index contributed by atoms with van der Waals surface area (Å²) >= 11 is 4.21. The van der Waals surface area contributed by atoms with E-state index in [1.807, 2.05) is 6.92 Å². The zero-order chi connectivity index (χ0) is 20.2. The predicted octanol–water partition coefficient (Wildman–Crippen LogP) is 3.62. The Kier molecular flexibility index (Phi) is 6.02. The van der Waals surface area contributed by atoms with E-state index in [0.29, 0.717) is 27.2 Å². The van der Waals surface area contributed by atoms with Crippen LogP contribution in [0.1, 0.15) is 6.92 Å². The molecule has 0 aliphatic carbocycles. The molecule has 0 unspecified atom stereocenters. The van der Waals surface area contributed by atoms with Crippen LogP contribution in [0.3, 0.4) is 0 Å². The zero-order valence-electron chi connectivity index (χ0n) is 15.1. The average Bonchev–Trinajstić information content (AvgIpc) is 3.34. The molecule has 3 heterocycles. The molecule has 12 heteroatoms. The minimum absolute atomic E-state index is 0.169. The Morgan fingerprint density at radius 1 is 1.10 bits per heavy atom. The maximum Gasteiger partial charge on any atom is 0.236 e. The number of nitrogens with one attached hydrogen (secondary N) is 1. The molecule has 0 aliphatic rings. The lowest BCUT2D eigenvalue weighted by molar-refractivity contribution is -0.113. The van der Waals surface area contributed by atoms with Gasteiger partial charge < -0.3 is 0 Å². The summed E-state index contributed by atoms with van der Waals surface area (Å²) in [5.41, 5.74) is 1.26. The first-order valence-corrected chi connectivity index (χ1v) is 11.3. The number of halogens is 1. The van der Waals surface area contributed by atoms with E-state index in [-0.39, 0.29) is 17.5 Å². The highest BCUT2D eigenvalue weighted by atomic mass is 32.2. The lowest BCUT2D eigenvalue weighted by atomic mass is 10.2. The number of hydrogen-bond donors (Lipinski definition) is 1. The van der Waals surface area contributed by atoms with E-state index in [1.54, 1.807) is 40.5 Å². The third kappa shape index (κ3) is 4.71. The van der Waals surface area contributed by atoms with Crippen molar-refractivity contribution in [2.45, 2.75) is 16.3 Å². The van der Waals surface area contributed by atoms with E-state index in [9.17, 15) is 9.18 Å². The quantitative estimate of drug-likeness (QED) is 0.339. The van der Waals surface area contributed by atoms with E-state index in [2.05, 4.69) is 30.8 Å². The van der Waals surface area contributed by atoms with Gasteiger partial charge in [-0.1, -0.05) is 41.8 Å². The molecule has 0 atom stereocenters. The molecule has 0 radical (unpaired) electrons. The minimum atomic E-state index is -0.325. The molecular formula is C17H14FN7OS3. The fourth-order valence-corrected chi connectivity index (χ4v) is 4.68. The summed E-state index contributed by atoms with van der Waals surface area (Å²) in [4.78, 5) is 12.2. The number of amides is 1. The van der Waals surface area contributed by atoms with Gasteiger partial charge in [0, 0.05) is 5.56 Å². The fourth-order valence-electron chi connectivity index (χ4n) is 2.36. The van der Waals surface area contributed by atoms with Gasteiger partial charge in [0.25, 0.3) is 0 Å². The van der Waals surface area contributed by atoms with Gasteiger partial charge in [-0.3, -0.25) is 10.1 Å². The molecule has 4 aromatic rings. The van der Waals surface area contributed by atoms with Gasteiger partial charge in [-0.15, -0.1) is 20.4 Å². The van der Waals surface area contributed by atoms with Crippen LogP contribution >= 0.6 is 34.9 Å². The van der Waals surface area contributed by atoms with Crippen molar-refractivity contribution in [3.05, 3.63) is 42.2 Å². The molecule has 1 aromatic carbocycles. The van der Waals surface area contributed by atoms with Crippen molar-refractivity contribution >= 4 is 51.5 Å². The number of benzene rings is 1. The summed E-state index contributed by atoms with van der Waals surface area (Å²) < 4.78 is 15.6. The maximum atomic E-state index is 13.2. The van der Waals surface area contributed by atoms with Crippen molar-refractivity contribution in [1.29, 1.82) is 0 Å². The van der Waals surface area contributed by atoms with E-state index < -0.39 is 0 Å². The van der Waals surface area contributed by atoms with Crippen LogP contribution in [0.4, 0.5) is 9.52 Å². The number of rotatable bonds is 7. The van der Waals surface area contributed by atoms with Gasteiger partial charge in [-0.05, 0) is 42.2 Å². The number of nitrogens with zero attached hydrogens (tertiary/aromatic N) is 6. The molecule has 8 nitrogen and oxygen atoms in total. The number of fused-ring (bicyclic) bond motifs is 1. The molecule has 0 bridgehead atoms. The first kappa shape index (κ1) is 19.7. The summed E-state index contributed by atoms with van der Waals surface area (Å²) in [6, 6.07) is 9.50. The summed E-state index contributed by atoms with van der Waals surface area (Å²) in [5.74, 6) is 1.05. The van der Waals surface area contributed by atoms with Gasteiger partial charge >= 0.3 is 0 Å². The molecule has 0 spiro atoms. The van der Waals surface area contributed by atoms with Gasteiger partial charge in [-0.2, -0.15) is 9.61 Å². The molecule has 0 aliphatic heterocycles. The summed E-state index contributed by atoms with van der Waals surface area (Å²) in [6.45, 7) is 2.03. The lowest BCUT2D eigenvalue weighted by Gasteiger charge is -2.03. The third-order valence-corrected chi connectivity index (χ3v) is 6.39. The van der Waals surface area contributed by atoms with E-state index >= 15 is 0 Å².